The largest absolute Gasteiger partial charge is 0.383 e. The number of nitrogens with one attached hydrogen (secondary N) is 3. The number of benzene rings is 3. The van der Waals surface area contributed by atoms with Gasteiger partial charge in [-0.1, -0.05) is 18.2 Å². The Bertz CT molecular complexity index is 1550. The maximum atomic E-state index is 12.9. The minimum absolute atomic E-state index is 0.109. The summed E-state index contributed by atoms with van der Waals surface area (Å²) in [7, 11) is 1.55. The van der Waals surface area contributed by atoms with Crippen LogP contribution in [-0.4, -0.2) is 41.0 Å². The quantitative estimate of drug-likeness (QED) is 0.312. The highest BCUT2D eigenvalue weighted by Gasteiger charge is 2.11. The number of hydrogen-bond acceptors (Lipinski definition) is 6. The molecule has 0 aliphatic rings. The predicted octanol–water partition coefficient (Wildman–Crippen LogP) is 4.14. The van der Waals surface area contributed by atoms with Gasteiger partial charge >= 0.3 is 6.03 Å². The van der Waals surface area contributed by atoms with E-state index in [1.165, 1.54) is 23.9 Å². The van der Waals surface area contributed by atoms with E-state index >= 15 is 0 Å². The monoisotopic (exact) mass is 499 g/mol. The van der Waals surface area contributed by atoms with Crippen molar-refractivity contribution in [3.05, 3.63) is 94.5 Å². The Morgan fingerprint density at radius 3 is 2.19 bits per heavy atom. The van der Waals surface area contributed by atoms with Gasteiger partial charge in [0, 0.05) is 35.3 Å². The van der Waals surface area contributed by atoms with E-state index in [-0.39, 0.29) is 11.3 Å². The third-order valence-corrected chi connectivity index (χ3v) is 5.53. The standard InChI is InChI=1S/C27H25N5O5/c1-17(33)18-5-3-7-20(13-18)30-27(36)31-21-8-4-6-19(14-21)25(34)29-22-9-10-24-23(15-22)26(35)32(16-28-24)11-12-37-2/h3-10,13-16H,11-12H2,1-2H3,(H,29,34)(H2,30,31,36). The third-order valence-electron chi connectivity index (χ3n) is 5.53. The van der Waals surface area contributed by atoms with Gasteiger partial charge in [-0.3, -0.25) is 19.0 Å². The highest BCUT2D eigenvalue weighted by molar-refractivity contribution is 6.07. The minimum atomic E-state index is -0.523. The maximum Gasteiger partial charge on any atom is 0.323 e. The predicted molar refractivity (Wildman–Crippen MR) is 141 cm³/mol. The molecule has 0 spiro atoms. The summed E-state index contributed by atoms with van der Waals surface area (Å²) in [4.78, 5) is 53.9. The highest BCUT2D eigenvalue weighted by Crippen LogP contribution is 2.18. The molecule has 4 aromatic rings. The zero-order valence-corrected chi connectivity index (χ0v) is 20.3. The van der Waals surface area contributed by atoms with Crippen molar-refractivity contribution in [3.63, 3.8) is 0 Å². The number of methoxy groups -OCH3 is 1. The van der Waals surface area contributed by atoms with Crippen molar-refractivity contribution in [1.82, 2.24) is 9.55 Å². The first kappa shape index (κ1) is 25.3. The third kappa shape index (κ3) is 6.24. The van der Waals surface area contributed by atoms with Crippen molar-refractivity contribution in [2.75, 3.05) is 29.7 Å². The molecule has 10 heteroatoms. The van der Waals surface area contributed by atoms with Crippen LogP contribution in [0.5, 0.6) is 0 Å². The van der Waals surface area contributed by atoms with Crippen LogP contribution < -0.4 is 21.5 Å². The minimum Gasteiger partial charge on any atom is -0.383 e. The Balaban J connectivity index is 1.46. The van der Waals surface area contributed by atoms with Crippen LogP contribution in [0, 0.1) is 0 Å². The Labute approximate surface area is 212 Å². The van der Waals surface area contributed by atoms with Gasteiger partial charge in [0.1, 0.15) is 0 Å². The van der Waals surface area contributed by atoms with Crippen LogP contribution in [0.2, 0.25) is 0 Å². The summed E-state index contributed by atoms with van der Waals surface area (Å²) in [5.41, 5.74) is 2.37. The first-order valence-electron chi connectivity index (χ1n) is 11.4. The second kappa shape index (κ2) is 11.3. The van der Waals surface area contributed by atoms with E-state index in [9.17, 15) is 19.2 Å². The van der Waals surface area contributed by atoms with Crippen molar-refractivity contribution < 1.29 is 19.1 Å². The molecule has 0 atom stereocenters. The van der Waals surface area contributed by atoms with Crippen LogP contribution in [0.25, 0.3) is 10.9 Å². The van der Waals surface area contributed by atoms with Gasteiger partial charge in [-0.15, -0.1) is 0 Å². The summed E-state index contributed by atoms with van der Waals surface area (Å²) in [5.74, 6) is -0.525. The van der Waals surface area contributed by atoms with Crippen LogP contribution in [0.1, 0.15) is 27.6 Å². The summed E-state index contributed by atoms with van der Waals surface area (Å²) in [6.07, 6.45) is 1.47. The molecular weight excluding hydrogens is 474 g/mol. The van der Waals surface area contributed by atoms with E-state index in [0.29, 0.717) is 52.2 Å². The van der Waals surface area contributed by atoms with Crippen LogP contribution in [0.15, 0.2) is 77.9 Å². The van der Waals surface area contributed by atoms with E-state index in [1.807, 2.05) is 0 Å². The van der Waals surface area contributed by atoms with Gasteiger partial charge in [0.25, 0.3) is 11.5 Å². The molecule has 0 fully saturated rings. The SMILES string of the molecule is COCCn1cnc2ccc(NC(=O)c3cccc(NC(=O)Nc4cccc(C(C)=O)c4)c3)cc2c1=O. The molecule has 0 bridgehead atoms. The number of fused-ring (bicyclic) bond motifs is 1. The molecule has 0 aliphatic carbocycles. The normalized spacial score (nSPS) is 10.6. The molecule has 37 heavy (non-hydrogen) atoms. The van der Waals surface area contributed by atoms with Crippen LogP contribution in [0.4, 0.5) is 21.9 Å². The van der Waals surface area contributed by atoms with E-state index in [1.54, 1.807) is 67.8 Å². The first-order chi connectivity index (χ1) is 17.8. The molecule has 3 N–H and O–H groups in total. The second-order valence-corrected chi connectivity index (χ2v) is 8.22. The molecule has 3 aromatic carbocycles. The molecule has 0 saturated heterocycles. The molecule has 0 unspecified atom stereocenters. The first-order valence-corrected chi connectivity index (χ1v) is 11.4. The number of carbonyl (C=O) groups excluding carboxylic acids is 3. The van der Waals surface area contributed by atoms with E-state index < -0.39 is 11.9 Å². The summed E-state index contributed by atoms with van der Waals surface area (Å²) in [5, 5.41) is 8.49. The molecule has 0 saturated carbocycles. The number of urea groups is 1. The van der Waals surface area contributed by atoms with Gasteiger partial charge in [-0.25, -0.2) is 9.78 Å². The highest BCUT2D eigenvalue weighted by atomic mass is 16.5. The molecule has 3 amide bonds. The van der Waals surface area contributed by atoms with Crippen molar-refractivity contribution >= 4 is 45.7 Å². The van der Waals surface area contributed by atoms with E-state index in [0.717, 1.165) is 0 Å². The average molecular weight is 500 g/mol. The Hall–Kier alpha value is -4.83. The van der Waals surface area contributed by atoms with Crippen molar-refractivity contribution in [2.24, 2.45) is 0 Å². The Kier molecular flexibility index (Phi) is 7.70. The molecular formula is C27H25N5O5. The topological polar surface area (TPSA) is 131 Å². The summed E-state index contributed by atoms with van der Waals surface area (Å²) >= 11 is 0. The lowest BCUT2D eigenvalue weighted by Gasteiger charge is -2.11. The lowest BCUT2D eigenvalue weighted by Crippen LogP contribution is -2.23. The zero-order chi connectivity index (χ0) is 26.4. The molecule has 188 valence electrons. The zero-order valence-electron chi connectivity index (χ0n) is 20.3. The molecule has 0 aliphatic heterocycles. The maximum absolute atomic E-state index is 12.9. The Morgan fingerprint density at radius 2 is 1.51 bits per heavy atom. The molecule has 1 aromatic heterocycles. The van der Waals surface area contributed by atoms with Crippen LogP contribution in [-0.2, 0) is 11.3 Å². The smallest absolute Gasteiger partial charge is 0.323 e. The van der Waals surface area contributed by atoms with Crippen LogP contribution in [0.3, 0.4) is 0 Å². The number of ketones is 1. The number of anilines is 3. The molecule has 0 radical (unpaired) electrons. The van der Waals surface area contributed by atoms with Crippen molar-refractivity contribution in [2.45, 2.75) is 13.5 Å². The number of nitrogens with zero attached hydrogens (tertiary/aromatic N) is 2. The number of carbonyl (C=O) groups is 3. The molecule has 1 heterocycles. The van der Waals surface area contributed by atoms with Gasteiger partial charge in [-0.2, -0.15) is 0 Å². The fourth-order valence-corrected chi connectivity index (χ4v) is 3.64. The fourth-order valence-electron chi connectivity index (χ4n) is 3.64. The van der Waals surface area contributed by atoms with Gasteiger partial charge in [-0.05, 0) is 55.5 Å². The average Bonchev–Trinajstić information content (AvgIpc) is 2.89. The van der Waals surface area contributed by atoms with E-state index in [4.69, 9.17) is 4.74 Å². The lowest BCUT2D eigenvalue weighted by atomic mass is 10.1. The van der Waals surface area contributed by atoms with Crippen LogP contribution >= 0.6 is 0 Å². The number of amides is 3. The fraction of sp³-hybridized carbons (Fsp3) is 0.148. The summed E-state index contributed by atoms with van der Waals surface area (Å²) in [6, 6.07) is 17.4. The lowest BCUT2D eigenvalue weighted by molar-refractivity contribution is 0.101. The van der Waals surface area contributed by atoms with E-state index in [2.05, 4.69) is 20.9 Å². The summed E-state index contributed by atoms with van der Waals surface area (Å²) in [6.45, 7) is 2.19. The van der Waals surface area contributed by atoms with Gasteiger partial charge in [0.05, 0.1) is 30.4 Å². The number of rotatable bonds is 8. The van der Waals surface area contributed by atoms with Gasteiger partial charge in [0.2, 0.25) is 0 Å². The number of Topliss-reactive ketones (excluding diaryl/α,β-unsaturated/α-hetero) is 1. The second-order valence-electron chi connectivity index (χ2n) is 8.22. The van der Waals surface area contributed by atoms with Crippen molar-refractivity contribution in [1.29, 1.82) is 0 Å². The van der Waals surface area contributed by atoms with Gasteiger partial charge in [0.15, 0.2) is 5.78 Å². The molecule has 10 nitrogen and oxygen atoms in total. The number of aromatic nitrogens is 2. The Morgan fingerprint density at radius 1 is 0.865 bits per heavy atom. The molecule has 4 rings (SSSR count). The van der Waals surface area contributed by atoms with Gasteiger partial charge < -0.3 is 20.7 Å². The summed E-state index contributed by atoms with van der Waals surface area (Å²) < 4.78 is 6.48. The number of ether oxygens (including phenoxy) is 1. The van der Waals surface area contributed by atoms with Crippen molar-refractivity contribution in [3.8, 4) is 0 Å². The number of hydrogen-bond donors (Lipinski definition) is 3.